The van der Waals surface area contributed by atoms with E-state index in [-0.39, 0.29) is 28.3 Å². The molecule has 0 aliphatic carbocycles. The second-order valence-corrected chi connectivity index (χ2v) is 14.8. The first-order valence-electron chi connectivity index (χ1n) is 17.3. The monoisotopic (exact) mass is 748 g/mol. The summed E-state index contributed by atoms with van der Waals surface area (Å²) in [4.78, 5) is 18.4. The summed E-state index contributed by atoms with van der Waals surface area (Å²) in [6.07, 6.45) is -0.0792. The Labute approximate surface area is 309 Å². The number of anilines is 1. The Kier molecular flexibility index (Phi) is 9.12. The largest absolute Gasteiger partial charge is 0.468 e. The van der Waals surface area contributed by atoms with Crippen molar-refractivity contribution in [3.63, 3.8) is 0 Å². The van der Waals surface area contributed by atoms with Gasteiger partial charge in [0.2, 0.25) is 10.0 Å². The minimum Gasteiger partial charge on any atom is -0.468 e. The number of carbonyl (C=O) groups excluding carboxylic acids is 1. The Morgan fingerprint density at radius 1 is 0.944 bits per heavy atom. The van der Waals surface area contributed by atoms with E-state index in [1.54, 1.807) is 30.3 Å². The minimum atomic E-state index is -3.80. The van der Waals surface area contributed by atoms with Crippen LogP contribution in [0, 0.1) is 11.6 Å². The number of furan rings is 1. The number of aromatic nitrogens is 2. The summed E-state index contributed by atoms with van der Waals surface area (Å²) in [5.41, 5.74) is 4.41. The summed E-state index contributed by atoms with van der Waals surface area (Å²) in [5.74, 6) is -0.887. The lowest BCUT2D eigenvalue weighted by Crippen LogP contribution is -2.23. The van der Waals surface area contributed by atoms with Crippen LogP contribution in [0.1, 0.15) is 35.5 Å². The van der Waals surface area contributed by atoms with Gasteiger partial charge in [-0.2, -0.15) is 0 Å². The Hall–Kier alpha value is -6.05. The van der Waals surface area contributed by atoms with Crippen LogP contribution in [0.4, 0.5) is 14.5 Å². The van der Waals surface area contributed by atoms with Gasteiger partial charge in [0.25, 0.3) is 5.91 Å². The number of carbonyl (C=O) groups is 1. The number of sulfonamides is 1. The van der Waals surface area contributed by atoms with Crippen molar-refractivity contribution in [3.05, 3.63) is 126 Å². The molecule has 7 aromatic rings. The molecule has 4 heterocycles. The number of fused-ring (bicyclic) bond motifs is 6. The third-order valence-corrected chi connectivity index (χ3v) is 10.7. The second kappa shape index (κ2) is 14.1. The van der Waals surface area contributed by atoms with Gasteiger partial charge < -0.3 is 23.8 Å². The third-order valence-electron chi connectivity index (χ3n) is 9.41. The molecule has 0 saturated heterocycles. The molecule has 1 amide bonds. The molecule has 1 aliphatic heterocycles. The molecule has 1 atom stereocenters. The lowest BCUT2D eigenvalue weighted by Gasteiger charge is -2.29. The number of ether oxygens (including phenoxy) is 2. The SMILES string of the molecule is CCS(=O)(=O)Nc1cc2oc(-c3ccc(F)cc3)c(C(=O)NC)c2cc1-c1ccc2c(n1)-c1cc3c(F)cccc3n1C(CCOCc1ccccc1)O2. The number of hydrogen-bond acceptors (Lipinski definition) is 7. The van der Waals surface area contributed by atoms with Gasteiger partial charge in [-0.1, -0.05) is 36.4 Å². The average Bonchev–Trinajstić information content (AvgIpc) is 3.76. The number of pyridine rings is 1. The van der Waals surface area contributed by atoms with Crippen molar-refractivity contribution in [3.8, 4) is 39.7 Å². The van der Waals surface area contributed by atoms with Crippen molar-refractivity contribution in [2.45, 2.75) is 26.2 Å². The summed E-state index contributed by atoms with van der Waals surface area (Å²) in [6, 6.07) is 28.5. The molecule has 10 nitrogen and oxygen atoms in total. The Balaban J connectivity index is 1.25. The highest BCUT2D eigenvalue weighted by atomic mass is 32.2. The predicted molar refractivity (Wildman–Crippen MR) is 203 cm³/mol. The van der Waals surface area contributed by atoms with Gasteiger partial charge in [-0.25, -0.2) is 22.2 Å². The maximum atomic E-state index is 15.3. The number of amides is 1. The molecule has 0 spiro atoms. The number of rotatable bonds is 11. The van der Waals surface area contributed by atoms with Crippen molar-refractivity contribution in [1.29, 1.82) is 0 Å². The van der Waals surface area contributed by atoms with Gasteiger partial charge >= 0.3 is 0 Å². The zero-order valence-electron chi connectivity index (χ0n) is 29.2. The van der Waals surface area contributed by atoms with Gasteiger partial charge in [0.05, 0.1) is 47.1 Å². The third kappa shape index (κ3) is 6.45. The quantitative estimate of drug-likeness (QED) is 0.127. The van der Waals surface area contributed by atoms with Crippen molar-refractivity contribution in [2.24, 2.45) is 0 Å². The molecule has 8 rings (SSSR count). The number of nitrogens with zero attached hydrogens (tertiary/aromatic N) is 2. The summed E-state index contributed by atoms with van der Waals surface area (Å²) in [6.45, 7) is 2.31. The second-order valence-electron chi connectivity index (χ2n) is 12.8. The molecule has 4 aromatic carbocycles. The zero-order valence-corrected chi connectivity index (χ0v) is 30.0. The summed E-state index contributed by atoms with van der Waals surface area (Å²) >= 11 is 0. The molecule has 0 fully saturated rings. The van der Waals surface area contributed by atoms with Crippen LogP contribution >= 0.6 is 0 Å². The lowest BCUT2D eigenvalue weighted by atomic mass is 10.0. The van der Waals surface area contributed by atoms with Gasteiger partial charge in [-0.05, 0) is 73.2 Å². The molecule has 13 heteroatoms. The van der Waals surface area contributed by atoms with Crippen LogP contribution < -0.4 is 14.8 Å². The highest BCUT2D eigenvalue weighted by Crippen LogP contribution is 2.45. The highest BCUT2D eigenvalue weighted by molar-refractivity contribution is 7.92. The first kappa shape index (κ1) is 35.0. The topological polar surface area (TPSA) is 125 Å². The lowest BCUT2D eigenvalue weighted by molar-refractivity contribution is 0.0540. The molecular weight excluding hydrogens is 715 g/mol. The Bertz CT molecular complexity index is 2660. The Morgan fingerprint density at radius 3 is 2.50 bits per heavy atom. The van der Waals surface area contributed by atoms with Crippen LogP contribution in [0.25, 0.3) is 55.8 Å². The van der Waals surface area contributed by atoms with Crippen molar-refractivity contribution in [2.75, 3.05) is 24.1 Å². The number of benzene rings is 4. The standard InChI is InChI=1S/C41H34F2N4O6S/c1-3-54(49,50)46-32-22-36-29(38(41(48)44-2)40(53-36)25-12-14-26(42)15-13-25)20-28(32)31-16-17-35-39(45-31)34-21-27-30(43)10-7-11-33(27)47(34)37(52-35)18-19-51-23-24-8-5-4-6-9-24/h4-17,20-22,37,46H,3,18-19,23H2,1-2H3,(H,44,48). The molecule has 0 radical (unpaired) electrons. The van der Waals surface area contributed by atoms with E-state index < -0.39 is 33.8 Å². The van der Waals surface area contributed by atoms with Crippen molar-refractivity contribution in [1.82, 2.24) is 14.9 Å². The van der Waals surface area contributed by atoms with Gasteiger partial charge in [0.1, 0.15) is 34.4 Å². The fourth-order valence-corrected chi connectivity index (χ4v) is 7.40. The molecule has 1 unspecified atom stereocenters. The first-order chi connectivity index (χ1) is 26.1. The molecule has 0 bridgehead atoms. The van der Waals surface area contributed by atoms with E-state index in [0.29, 0.717) is 69.9 Å². The number of hydrogen-bond donors (Lipinski definition) is 2. The summed E-state index contributed by atoms with van der Waals surface area (Å²) in [7, 11) is -2.32. The van der Waals surface area contributed by atoms with E-state index in [1.165, 1.54) is 50.4 Å². The van der Waals surface area contributed by atoms with E-state index in [9.17, 15) is 17.6 Å². The highest BCUT2D eigenvalue weighted by Gasteiger charge is 2.31. The van der Waals surface area contributed by atoms with E-state index in [0.717, 1.165) is 5.56 Å². The van der Waals surface area contributed by atoms with Gasteiger partial charge in [-0.15, -0.1) is 0 Å². The maximum absolute atomic E-state index is 15.3. The fourth-order valence-electron chi connectivity index (χ4n) is 6.75. The van der Waals surface area contributed by atoms with Crippen LogP contribution in [-0.2, 0) is 21.4 Å². The zero-order chi connectivity index (χ0) is 37.6. The number of nitrogens with one attached hydrogen (secondary N) is 2. The summed E-state index contributed by atoms with van der Waals surface area (Å²) in [5, 5.41) is 3.42. The van der Waals surface area contributed by atoms with Gasteiger partial charge in [0, 0.05) is 41.4 Å². The molecule has 3 aromatic heterocycles. The van der Waals surface area contributed by atoms with E-state index >= 15 is 4.39 Å². The molecule has 274 valence electrons. The smallest absolute Gasteiger partial charge is 0.255 e. The normalized spacial score (nSPS) is 13.7. The molecule has 54 heavy (non-hydrogen) atoms. The minimum absolute atomic E-state index is 0.163. The van der Waals surface area contributed by atoms with Crippen molar-refractivity contribution < 1.29 is 35.9 Å². The van der Waals surface area contributed by atoms with Crippen LogP contribution in [0.5, 0.6) is 5.75 Å². The van der Waals surface area contributed by atoms with Crippen LogP contribution in [0.2, 0.25) is 0 Å². The molecule has 0 saturated carbocycles. The van der Waals surface area contributed by atoms with E-state index in [4.69, 9.17) is 18.9 Å². The van der Waals surface area contributed by atoms with Crippen LogP contribution in [0.15, 0.2) is 108 Å². The fraction of sp³-hybridized carbons (Fsp3) is 0.171. The van der Waals surface area contributed by atoms with Gasteiger partial charge in [0.15, 0.2) is 6.23 Å². The average molecular weight is 749 g/mol. The molecule has 1 aliphatic rings. The first-order valence-corrected chi connectivity index (χ1v) is 19.0. The number of halogens is 2. The van der Waals surface area contributed by atoms with Crippen molar-refractivity contribution >= 4 is 43.5 Å². The maximum Gasteiger partial charge on any atom is 0.255 e. The van der Waals surface area contributed by atoms with Crippen LogP contribution in [-0.4, -0.2) is 43.3 Å². The molecule has 2 N–H and O–H groups in total. The predicted octanol–water partition coefficient (Wildman–Crippen LogP) is 8.68. The molecular formula is C41H34F2N4O6S. The van der Waals surface area contributed by atoms with Gasteiger partial charge in [-0.3, -0.25) is 9.52 Å². The van der Waals surface area contributed by atoms with E-state index in [1.807, 2.05) is 41.0 Å². The summed E-state index contributed by atoms with van der Waals surface area (Å²) < 4.78 is 78.3. The van der Waals surface area contributed by atoms with E-state index in [2.05, 4.69) is 10.0 Å². The Morgan fingerprint density at radius 2 is 1.74 bits per heavy atom. The van der Waals surface area contributed by atoms with Crippen LogP contribution in [0.3, 0.4) is 0 Å².